The zero-order valence-electron chi connectivity index (χ0n) is 10.8. The van der Waals surface area contributed by atoms with Crippen molar-refractivity contribution >= 4 is 39.3 Å². The summed E-state index contributed by atoms with van der Waals surface area (Å²) < 4.78 is 3.20. The van der Waals surface area contributed by atoms with Crippen LogP contribution in [-0.2, 0) is 7.05 Å². The van der Waals surface area contributed by atoms with Crippen molar-refractivity contribution in [3.05, 3.63) is 33.5 Å². The van der Waals surface area contributed by atoms with Crippen LogP contribution in [0.1, 0.15) is 23.7 Å². The van der Waals surface area contributed by atoms with Crippen molar-refractivity contribution in [1.82, 2.24) is 9.88 Å². The van der Waals surface area contributed by atoms with Gasteiger partial charge in [-0.3, -0.25) is 4.79 Å². The number of aromatic nitrogens is 1. The monoisotopic (exact) mass is 356 g/mol. The fourth-order valence-corrected chi connectivity index (χ4v) is 2.74. The Hall–Kier alpha value is -0.880. The lowest BCUT2D eigenvalue weighted by Gasteiger charge is -2.11. The van der Waals surface area contributed by atoms with Crippen LogP contribution in [0.4, 0.5) is 0 Å². The van der Waals surface area contributed by atoms with Gasteiger partial charge in [0.1, 0.15) is 0 Å². The average Bonchev–Trinajstić information content (AvgIpc) is 2.68. The minimum atomic E-state index is -0.102. The Kier molecular flexibility index (Phi) is 4.07. The van der Waals surface area contributed by atoms with Crippen LogP contribution in [0, 0.1) is 3.57 Å². The smallest absolute Gasteiger partial charge is 0.181 e. The number of halogens is 1. The van der Waals surface area contributed by atoms with Crippen LogP contribution in [0.25, 0.3) is 10.9 Å². The molecule has 0 spiro atoms. The van der Waals surface area contributed by atoms with Gasteiger partial charge in [0.2, 0.25) is 0 Å². The van der Waals surface area contributed by atoms with Gasteiger partial charge in [0, 0.05) is 33.3 Å². The molecule has 0 bridgehead atoms. The van der Waals surface area contributed by atoms with Gasteiger partial charge < -0.3 is 9.88 Å². The van der Waals surface area contributed by atoms with Crippen molar-refractivity contribution in [2.24, 2.45) is 7.05 Å². The molecule has 0 radical (unpaired) electrons. The van der Waals surface area contributed by atoms with Gasteiger partial charge in [0.25, 0.3) is 0 Å². The number of ketones is 1. The Labute approximate surface area is 121 Å². The molecule has 1 unspecified atom stereocenters. The molecule has 1 heterocycles. The minimum absolute atomic E-state index is 0.102. The molecule has 1 aromatic carbocycles. The first-order chi connectivity index (χ1) is 8.58. The highest BCUT2D eigenvalue weighted by atomic mass is 127. The zero-order valence-corrected chi connectivity index (χ0v) is 13.0. The Balaban J connectivity index is 2.55. The predicted octanol–water partition coefficient (Wildman–Crippen LogP) is 2.96. The molecule has 0 aliphatic rings. The Morgan fingerprint density at radius 3 is 2.83 bits per heavy atom. The van der Waals surface area contributed by atoms with Crippen molar-refractivity contribution < 1.29 is 4.79 Å². The summed E-state index contributed by atoms with van der Waals surface area (Å²) in [7, 11) is 3.82. The second-order valence-electron chi connectivity index (χ2n) is 4.43. The van der Waals surface area contributed by atoms with Crippen molar-refractivity contribution in [2.45, 2.75) is 19.4 Å². The topological polar surface area (TPSA) is 34.0 Å². The van der Waals surface area contributed by atoms with Crippen LogP contribution in [0.5, 0.6) is 0 Å². The first kappa shape index (κ1) is 13.5. The van der Waals surface area contributed by atoms with E-state index in [1.807, 2.05) is 43.9 Å². The molecule has 1 atom stereocenters. The fourth-order valence-electron chi connectivity index (χ4n) is 2.26. The second-order valence-corrected chi connectivity index (χ2v) is 5.67. The van der Waals surface area contributed by atoms with E-state index in [1.165, 1.54) is 3.57 Å². The van der Waals surface area contributed by atoms with Crippen molar-refractivity contribution in [1.29, 1.82) is 0 Å². The van der Waals surface area contributed by atoms with E-state index in [-0.39, 0.29) is 11.8 Å². The van der Waals surface area contributed by atoms with Crippen LogP contribution in [0.2, 0.25) is 0 Å². The number of nitrogens with zero attached hydrogens (tertiary/aromatic N) is 1. The van der Waals surface area contributed by atoms with E-state index in [1.54, 1.807) is 0 Å². The SMILES string of the molecule is CCC(NC)C(=O)c1cn(C)c2cc(I)ccc12. The highest BCUT2D eigenvalue weighted by molar-refractivity contribution is 14.1. The van der Waals surface area contributed by atoms with E-state index in [2.05, 4.69) is 34.0 Å². The normalized spacial score (nSPS) is 12.9. The summed E-state index contributed by atoms with van der Waals surface area (Å²) in [5.41, 5.74) is 1.92. The minimum Gasteiger partial charge on any atom is -0.350 e. The molecule has 3 nitrogen and oxygen atoms in total. The molecule has 2 aromatic rings. The number of hydrogen-bond acceptors (Lipinski definition) is 2. The molecule has 0 saturated carbocycles. The maximum absolute atomic E-state index is 12.4. The van der Waals surface area contributed by atoms with Gasteiger partial charge in [-0.2, -0.15) is 0 Å². The Morgan fingerprint density at radius 1 is 1.50 bits per heavy atom. The maximum atomic E-state index is 12.4. The van der Waals surface area contributed by atoms with Gasteiger partial charge in [-0.05, 0) is 48.2 Å². The largest absolute Gasteiger partial charge is 0.350 e. The van der Waals surface area contributed by atoms with Gasteiger partial charge in [-0.15, -0.1) is 0 Å². The van der Waals surface area contributed by atoms with Gasteiger partial charge in [-0.25, -0.2) is 0 Å². The number of rotatable bonds is 4. The van der Waals surface area contributed by atoms with Crippen LogP contribution in [0.15, 0.2) is 24.4 Å². The Morgan fingerprint density at radius 2 is 2.22 bits per heavy atom. The van der Waals surface area contributed by atoms with Gasteiger partial charge in [-0.1, -0.05) is 13.0 Å². The van der Waals surface area contributed by atoms with Crippen LogP contribution in [-0.4, -0.2) is 23.4 Å². The van der Waals surface area contributed by atoms with E-state index in [9.17, 15) is 4.79 Å². The standard InChI is InChI=1S/C14H17IN2O/c1-4-12(16-2)14(18)11-8-17(3)13-7-9(15)5-6-10(11)13/h5-8,12,16H,4H2,1-3H3. The molecule has 0 aliphatic carbocycles. The molecule has 1 aromatic heterocycles. The molecule has 2 rings (SSSR count). The van der Waals surface area contributed by atoms with Crippen molar-refractivity contribution in [2.75, 3.05) is 7.05 Å². The maximum Gasteiger partial charge on any atom is 0.181 e. The number of carbonyl (C=O) groups excluding carboxylic acids is 1. The molecular weight excluding hydrogens is 339 g/mol. The molecule has 0 saturated heterocycles. The molecule has 1 N–H and O–H groups in total. The lowest BCUT2D eigenvalue weighted by atomic mass is 10.0. The summed E-state index contributed by atoms with van der Waals surface area (Å²) in [6.07, 6.45) is 2.74. The van der Waals surface area contributed by atoms with E-state index in [0.29, 0.717) is 0 Å². The summed E-state index contributed by atoms with van der Waals surface area (Å²) in [5.74, 6) is 0.173. The number of hydrogen-bond donors (Lipinski definition) is 1. The van der Waals surface area contributed by atoms with Gasteiger partial charge >= 0.3 is 0 Å². The second kappa shape index (κ2) is 5.40. The average molecular weight is 356 g/mol. The molecule has 18 heavy (non-hydrogen) atoms. The van der Waals surface area contributed by atoms with Crippen LogP contribution in [0.3, 0.4) is 0 Å². The number of aryl methyl sites for hydroxylation is 1. The van der Waals surface area contributed by atoms with Gasteiger partial charge in [0.05, 0.1) is 6.04 Å². The van der Waals surface area contributed by atoms with Crippen LogP contribution < -0.4 is 5.32 Å². The third-order valence-corrected chi connectivity index (χ3v) is 3.96. The lowest BCUT2D eigenvalue weighted by molar-refractivity contribution is 0.0946. The number of Topliss-reactive ketones (excluding diaryl/α,β-unsaturated/α-hetero) is 1. The number of carbonyl (C=O) groups is 1. The lowest BCUT2D eigenvalue weighted by Crippen LogP contribution is -2.33. The Bertz CT molecular complexity index is 585. The summed E-state index contributed by atoms with van der Waals surface area (Å²) in [6, 6.07) is 6.08. The fraction of sp³-hybridized carbons (Fsp3) is 0.357. The van der Waals surface area contributed by atoms with E-state index in [4.69, 9.17) is 0 Å². The third kappa shape index (κ3) is 2.31. The highest BCUT2D eigenvalue weighted by Crippen LogP contribution is 2.24. The summed E-state index contributed by atoms with van der Waals surface area (Å²) in [4.78, 5) is 12.4. The predicted molar refractivity (Wildman–Crippen MR) is 83.1 cm³/mol. The summed E-state index contributed by atoms with van der Waals surface area (Å²) in [6.45, 7) is 2.02. The quantitative estimate of drug-likeness (QED) is 0.675. The third-order valence-electron chi connectivity index (χ3n) is 3.29. The molecule has 0 amide bonds. The summed E-state index contributed by atoms with van der Waals surface area (Å²) >= 11 is 2.29. The van der Waals surface area contributed by atoms with Gasteiger partial charge in [0.15, 0.2) is 5.78 Å². The van der Waals surface area contributed by atoms with Crippen molar-refractivity contribution in [3.63, 3.8) is 0 Å². The molecule has 0 aliphatic heterocycles. The first-order valence-corrected chi connectivity index (χ1v) is 7.12. The number of nitrogens with one attached hydrogen (secondary N) is 1. The summed E-state index contributed by atoms with van der Waals surface area (Å²) in [5, 5.41) is 4.11. The molecular formula is C14H17IN2O. The van der Waals surface area contributed by atoms with E-state index < -0.39 is 0 Å². The number of fused-ring (bicyclic) bond motifs is 1. The molecule has 0 fully saturated rings. The molecule has 4 heteroatoms. The highest BCUT2D eigenvalue weighted by Gasteiger charge is 2.20. The van der Waals surface area contributed by atoms with Crippen molar-refractivity contribution in [3.8, 4) is 0 Å². The van der Waals surface area contributed by atoms with Crippen LogP contribution >= 0.6 is 22.6 Å². The zero-order chi connectivity index (χ0) is 13.3. The van der Waals surface area contributed by atoms with E-state index >= 15 is 0 Å². The number of benzene rings is 1. The van der Waals surface area contributed by atoms with E-state index in [0.717, 1.165) is 22.9 Å². The molecule has 96 valence electrons. The number of likely N-dealkylation sites (N-methyl/N-ethyl adjacent to an activating group) is 1. The first-order valence-electron chi connectivity index (χ1n) is 6.04.